The van der Waals surface area contributed by atoms with E-state index in [-0.39, 0.29) is 11.8 Å². The molecule has 0 fully saturated rings. The summed E-state index contributed by atoms with van der Waals surface area (Å²) in [5, 5.41) is 3.09. The fourth-order valence-electron chi connectivity index (χ4n) is 1.25. The third kappa shape index (κ3) is 4.22. The fraction of sp³-hybridized carbons (Fsp3) is 0.700. The van der Waals surface area contributed by atoms with E-state index in [9.17, 15) is 13.2 Å². The first-order valence-corrected chi connectivity index (χ1v) is 5.17. The number of halogens is 3. The second-order valence-electron chi connectivity index (χ2n) is 3.63. The quantitative estimate of drug-likeness (QED) is 0.854. The number of hydrogen-bond acceptors (Lipinski definition) is 3. The molecule has 0 saturated heterocycles. The molecule has 0 aliphatic heterocycles. The Morgan fingerprint density at radius 2 is 2.19 bits per heavy atom. The second-order valence-corrected chi connectivity index (χ2v) is 3.63. The molecule has 0 bridgehead atoms. The number of rotatable bonds is 5. The molecule has 0 aliphatic carbocycles. The Hall–Kier alpha value is -1.04. The zero-order chi connectivity index (χ0) is 12.2. The summed E-state index contributed by atoms with van der Waals surface area (Å²) >= 11 is 0. The first-order valence-electron chi connectivity index (χ1n) is 5.17. The van der Waals surface area contributed by atoms with Crippen LogP contribution in [0.1, 0.15) is 38.0 Å². The highest BCUT2D eigenvalue weighted by Crippen LogP contribution is 2.22. The minimum Gasteiger partial charge on any atom is -0.444 e. The van der Waals surface area contributed by atoms with Gasteiger partial charge in [-0.05, 0) is 19.9 Å². The molecule has 1 N–H and O–H groups in total. The molecule has 92 valence electrons. The van der Waals surface area contributed by atoms with Gasteiger partial charge in [0.1, 0.15) is 12.2 Å². The highest BCUT2D eigenvalue weighted by Gasteiger charge is 2.30. The first kappa shape index (κ1) is 13.0. The number of hydrogen-bond donors (Lipinski definition) is 1. The summed E-state index contributed by atoms with van der Waals surface area (Å²) in [7, 11) is 0. The largest absolute Gasteiger partial charge is 0.444 e. The lowest BCUT2D eigenvalue weighted by Crippen LogP contribution is -2.19. The summed E-state index contributed by atoms with van der Waals surface area (Å²) in [4.78, 5) is 3.82. The van der Waals surface area contributed by atoms with E-state index in [1.807, 2.05) is 6.92 Å². The lowest BCUT2D eigenvalue weighted by atomic mass is 10.3. The van der Waals surface area contributed by atoms with Crippen LogP contribution in [0.2, 0.25) is 0 Å². The van der Waals surface area contributed by atoms with Crippen LogP contribution in [-0.2, 0) is 6.42 Å². The molecule has 0 amide bonds. The molecule has 1 aromatic heterocycles. The first-order chi connectivity index (χ1) is 7.42. The van der Waals surface area contributed by atoms with Gasteiger partial charge in [-0.25, -0.2) is 4.98 Å². The fourth-order valence-corrected chi connectivity index (χ4v) is 1.25. The van der Waals surface area contributed by atoms with Gasteiger partial charge in [0.15, 0.2) is 0 Å². The van der Waals surface area contributed by atoms with Crippen LogP contribution in [-0.4, -0.2) is 17.7 Å². The summed E-state index contributed by atoms with van der Waals surface area (Å²) in [5.41, 5.74) is 0. The van der Waals surface area contributed by atoms with E-state index in [2.05, 4.69) is 10.3 Å². The van der Waals surface area contributed by atoms with Gasteiger partial charge >= 0.3 is 6.18 Å². The van der Waals surface area contributed by atoms with Crippen LogP contribution in [0.25, 0.3) is 0 Å². The average molecular weight is 236 g/mol. The van der Waals surface area contributed by atoms with Crippen molar-refractivity contribution in [3.63, 3.8) is 0 Å². The highest BCUT2D eigenvalue weighted by atomic mass is 19.4. The zero-order valence-electron chi connectivity index (χ0n) is 9.27. The van der Waals surface area contributed by atoms with E-state index >= 15 is 0 Å². The molecule has 1 aromatic rings. The molecule has 16 heavy (non-hydrogen) atoms. The van der Waals surface area contributed by atoms with E-state index in [1.165, 1.54) is 0 Å². The van der Waals surface area contributed by atoms with Gasteiger partial charge in [0, 0.05) is 0 Å². The van der Waals surface area contributed by atoms with E-state index in [1.54, 1.807) is 6.92 Å². The molecule has 1 heterocycles. The van der Waals surface area contributed by atoms with Crippen molar-refractivity contribution >= 4 is 0 Å². The summed E-state index contributed by atoms with van der Waals surface area (Å²) < 4.78 is 41.2. The van der Waals surface area contributed by atoms with E-state index < -0.39 is 12.6 Å². The number of aromatic nitrogens is 1. The molecule has 0 aliphatic rings. The van der Waals surface area contributed by atoms with Crippen molar-refractivity contribution in [3.05, 3.63) is 17.8 Å². The molecule has 0 saturated carbocycles. The van der Waals surface area contributed by atoms with Gasteiger partial charge in [0.05, 0.1) is 12.2 Å². The van der Waals surface area contributed by atoms with Crippen LogP contribution in [0.5, 0.6) is 0 Å². The van der Waals surface area contributed by atoms with Crippen molar-refractivity contribution in [3.8, 4) is 0 Å². The molecule has 1 atom stereocenters. The van der Waals surface area contributed by atoms with Gasteiger partial charge in [-0.3, -0.25) is 0 Å². The van der Waals surface area contributed by atoms with Crippen molar-refractivity contribution in [2.45, 2.75) is 38.9 Å². The second kappa shape index (κ2) is 5.34. The Labute approximate surface area is 92.0 Å². The summed E-state index contributed by atoms with van der Waals surface area (Å²) in [6.07, 6.45) is -3.25. The van der Waals surface area contributed by atoms with Crippen molar-refractivity contribution in [2.24, 2.45) is 0 Å². The predicted octanol–water partition coefficient (Wildman–Crippen LogP) is 2.84. The monoisotopic (exact) mass is 236 g/mol. The molecular weight excluding hydrogens is 221 g/mol. The topological polar surface area (TPSA) is 38.1 Å². The number of nitrogens with zero attached hydrogens (tertiary/aromatic N) is 1. The molecule has 6 heteroatoms. The summed E-state index contributed by atoms with van der Waals surface area (Å²) in [6, 6.07) is -0.165. The van der Waals surface area contributed by atoms with Gasteiger partial charge in [-0.15, -0.1) is 0 Å². The van der Waals surface area contributed by atoms with Gasteiger partial charge in [-0.1, -0.05) is 6.92 Å². The number of nitrogens with one attached hydrogen (secondary N) is 1. The molecule has 3 nitrogen and oxygen atoms in total. The van der Waals surface area contributed by atoms with E-state index in [0.717, 1.165) is 19.2 Å². The van der Waals surface area contributed by atoms with Crippen LogP contribution in [0.3, 0.4) is 0 Å². The Morgan fingerprint density at radius 3 is 2.75 bits per heavy atom. The maximum absolute atomic E-state index is 12.1. The van der Waals surface area contributed by atoms with Crippen molar-refractivity contribution < 1.29 is 17.6 Å². The van der Waals surface area contributed by atoms with Crippen LogP contribution in [0.15, 0.2) is 10.6 Å². The maximum Gasteiger partial charge on any atom is 0.396 e. The molecule has 0 spiro atoms. The molecule has 0 radical (unpaired) electrons. The Kier molecular flexibility index (Phi) is 4.35. The van der Waals surface area contributed by atoms with Crippen molar-refractivity contribution in [1.29, 1.82) is 0 Å². The minimum absolute atomic E-state index is 0.146. The Balaban J connectivity index is 2.57. The van der Waals surface area contributed by atoms with E-state index in [0.29, 0.717) is 5.89 Å². The van der Waals surface area contributed by atoms with Crippen LogP contribution in [0.4, 0.5) is 13.2 Å². The lowest BCUT2D eigenvalue weighted by molar-refractivity contribution is -0.130. The summed E-state index contributed by atoms with van der Waals surface area (Å²) in [5.74, 6) is 0.153. The van der Waals surface area contributed by atoms with Crippen LogP contribution < -0.4 is 5.32 Å². The average Bonchev–Trinajstić information content (AvgIpc) is 2.59. The normalized spacial score (nSPS) is 14.1. The maximum atomic E-state index is 12.1. The van der Waals surface area contributed by atoms with Crippen LogP contribution >= 0.6 is 0 Å². The van der Waals surface area contributed by atoms with Gasteiger partial charge in [-0.2, -0.15) is 13.2 Å². The van der Waals surface area contributed by atoms with E-state index in [4.69, 9.17) is 4.42 Å². The Bertz CT molecular complexity index is 322. The highest BCUT2D eigenvalue weighted by molar-refractivity contribution is 4.98. The lowest BCUT2D eigenvalue weighted by Gasteiger charge is -2.08. The summed E-state index contributed by atoms with van der Waals surface area (Å²) in [6.45, 7) is 4.58. The molecule has 1 rings (SSSR count). The van der Waals surface area contributed by atoms with Crippen LogP contribution in [0, 0.1) is 0 Å². The molecule has 0 aromatic carbocycles. The van der Waals surface area contributed by atoms with Gasteiger partial charge in [0.25, 0.3) is 0 Å². The molecular formula is C10H15F3N2O. The number of alkyl halides is 3. The SMILES string of the molecule is CCCNC(C)c1ncc(CC(F)(F)F)o1. The zero-order valence-corrected chi connectivity index (χ0v) is 9.27. The standard InChI is InChI=1S/C10H15F3N2O/c1-3-4-14-7(2)9-15-6-8(16-9)5-10(11,12)13/h6-7,14H,3-5H2,1-2H3. The minimum atomic E-state index is -4.25. The molecule has 1 unspecified atom stereocenters. The van der Waals surface area contributed by atoms with Gasteiger partial charge < -0.3 is 9.73 Å². The van der Waals surface area contributed by atoms with Gasteiger partial charge in [0.2, 0.25) is 5.89 Å². The van der Waals surface area contributed by atoms with Crippen molar-refractivity contribution in [2.75, 3.05) is 6.54 Å². The third-order valence-electron chi connectivity index (χ3n) is 2.02. The third-order valence-corrected chi connectivity index (χ3v) is 2.02. The Morgan fingerprint density at radius 1 is 1.50 bits per heavy atom. The predicted molar refractivity (Wildman–Crippen MR) is 53.0 cm³/mol. The number of oxazole rings is 1. The smallest absolute Gasteiger partial charge is 0.396 e. The van der Waals surface area contributed by atoms with Crippen molar-refractivity contribution in [1.82, 2.24) is 10.3 Å².